The van der Waals surface area contributed by atoms with Crippen LogP contribution in [0.15, 0.2) is 42.5 Å². The standard InChI is InChI=1S/C21H23Cl2NO2/c1-13(2)14(3)24-21(26)17-7-4-15(5-8-17)10-18(25)11-16-6-9-19(22)20(23)12-16/h4-9,12-14H,10-11H2,1-3H3,(H,24,26). The Bertz CT molecular complexity index is 785. The zero-order valence-electron chi connectivity index (χ0n) is 15.2. The number of amides is 1. The molecule has 0 aliphatic heterocycles. The van der Waals surface area contributed by atoms with Crippen molar-refractivity contribution in [3.8, 4) is 0 Å². The van der Waals surface area contributed by atoms with E-state index in [0.29, 0.717) is 34.4 Å². The third-order valence-corrected chi connectivity index (χ3v) is 5.10. The summed E-state index contributed by atoms with van der Waals surface area (Å²) in [6.07, 6.45) is 0.607. The summed E-state index contributed by atoms with van der Waals surface area (Å²) in [5, 5.41) is 3.89. The summed E-state index contributed by atoms with van der Waals surface area (Å²) in [5.74, 6) is 0.353. The third-order valence-electron chi connectivity index (χ3n) is 4.36. The minimum atomic E-state index is -0.0973. The Morgan fingerprint density at radius 2 is 1.46 bits per heavy atom. The van der Waals surface area contributed by atoms with Crippen molar-refractivity contribution < 1.29 is 9.59 Å². The highest BCUT2D eigenvalue weighted by molar-refractivity contribution is 6.42. The van der Waals surface area contributed by atoms with Gasteiger partial charge in [0.1, 0.15) is 5.78 Å². The quantitative estimate of drug-likeness (QED) is 0.711. The van der Waals surface area contributed by atoms with Crippen molar-refractivity contribution in [1.29, 1.82) is 0 Å². The molecule has 0 saturated heterocycles. The van der Waals surface area contributed by atoms with Crippen LogP contribution < -0.4 is 5.32 Å². The van der Waals surface area contributed by atoms with E-state index >= 15 is 0 Å². The Hall–Kier alpha value is -1.84. The molecule has 0 fully saturated rings. The number of ketones is 1. The molecule has 0 spiro atoms. The average molecular weight is 392 g/mol. The molecule has 138 valence electrons. The Morgan fingerprint density at radius 3 is 2.04 bits per heavy atom. The molecule has 0 saturated carbocycles. The van der Waals surface area contributed by atoms with Crippen molar-refractivity contribution in [3.05, 3.63) is 69.2 Å². The van der Waals surface area contributed by atoms with Gasteiger partial charge in [-0.25, -0.2) is 0 Å². The molecule has 1 N–H and O–H groups in total. The number of Topliss-reactive ketones (excluding diaryl/α,β-unsaturated/α-hetero) is 1. The van der Waals surface area contributed by atoms with Gasteiger partial charge >= 0.3 is 0 Å². The molecular formula is C21H23Cl2NO2. The maximum atomic E-state index is 12.3. The van der Waals surface area contributed by atoms with Crippen LogP contribution in [0.25, 0.3) is 0 Å². The van der Waals surface area contributed by atoms with Gasteiger partial charge in [0, 0.05) is 24.4 Å². The summed E-state index contributed by atoms with van der Waals surface area (Å²) in [7, 11) is 0. The fourth-order valence-corrected chi connectivity index (χ4v) is 2.72. The number of carbonyl (C=O) groups excluding carboxylic acids is 2. The van der Waals surface area contributed by atoms with E-state index in [0.717, 1.165) is 11.1 Å². The molecule has 1 unspecified atom stereocenters. The maximum Gasteiger partial charge on any atom is 0.251 e. The minimum Gasteiger partial charge on any atom is -0.349 e. The molecule has 0 heterocycles. The van der Waals surface area contributed by atoms with Crippen molar-refractivity contribution in [3.63, 3.8) is 0 Å². The Kier molecular flexibility index (Phi) is 7.24. The van der Waals surface area contributed by atoms with Crippen LogP contribution in [-0.2, 0) is 17.6 Å². The van der Waals surface area contributed by atoms with Gasteiger partial charge in [0.05, 0.1) is 10.0 Å². The minimum absolute atomic E-state index is 0.0778. The Balaban J connectivity index is 1.94. The molecular weight excluding hydrogens is 369 g/mol. The van der Waals surface area contributed by atoms with Crippen LogP contribution in [0.1, 0.15) is 42.3 Å². The lowest BCUT2D eigenvalue weighted by Gasteiger charge is -2.17. The van der Waals surface area contributed by atoms with Gasteiger partial charge in [-0.3, -0.25) is 9.59 Å². The predicted octanol–water partition coefficient (Wildman–Crippen LogP) is 5.12. The van der Waals surface area contributed by atoms with E-state index in [1.54, 1.807) is 30.3 Å². The largest absolute Gasteiger partial charge is 0.349 e. The van der Waals surface area contributed by atoms with E-state index in [2.05, 4.69) is 19.2 Å². The third kappa shape index (κ3) is 5.86. The lowest BCUT2D eigenvalue weighted by Crippen LogP contribution is -2.36. The van der Waals surface area contributed by atoms with E-state index in [-0.39, 0.29) is 17.7 Å². The SMILES string of the molecule is CC(C)C(C)NC(=O)c1ccc(CC(=O)Cc2ccc(Cl)c(Cl)c2)cc1. The van der Waals surface area contributed by atoms with Crippen molar-refractivity contribution in [2.75, 3.05) is 0 Å². The number of hydrogen-bond donors (Lipinski definition) is 1. The summed E-state index contributed by atoms with van der Waals surface area (Å²) < 4.78 is 0. The highest BCUT2D eigenvalue weighted by Crippen LogP contribution is 2.23. The molecule has 5 heteroatoms. The molecule has 0 aliphatic carbocycles. The zero-order chi connectivity index (χ0) is 19.3. The van der Waals surface area contributed by atoms with Crippen molar-refractivity contribution >= 4 is 34.9 Å². The van der Waals surface area contributed by atoms with Gasteiger partial charge in [-0.1, -0.05) is 55.2 Å². The molecule has 0 bridgehead atoms. The molecule has 1 amide bonds. The number of benzene rings is 2. The van der Waals surface area contributed by atoms with Crippen LogP contribution in [0.5, 0.6) is 0 Å². The maximum absolute atomic E-state index is 12.3. The Labute approximate surface area is 164 Å². The van der Waals surface area contributed by atoms with Gasteiger partial charge in [0.2, 0.25) is 0 Å². The molecule has 2 aromatic rings. The topological polar surface area (TPSA) is 46.2 Å². The van der Waals surface area contributed by atoms with Crippen LogP contribution in [0, 0.1) is 5.92 Å². The van der Waals surface area contributed by atoms with Crippen LogP contribution in [-0.4, -0.2) is 17.7 Å². The molecule has 2 aromatic carbocycles. The fourth-order valence-electron chi connectivity index (χ4n) is 2.40. The highest BCUT2D eigenvalue weighted by Gasteiger charge is 2.13. The van der Waals surface area contributed by atoms with Gasteiger partial charge in [-0.2, -0.15) is 0 Å². The first-order chi connectivity index (χ1) is 12.3. The van der Waals surface area contributed by atoms with Gasteiger partial charge in [-0.15, -0.1) is 0 Å². The molecule has 0 radical (unpaired) electrons. The fraction of sp³-hybridized carbons (Fsp3) is 0.333. The number of hydrogen-bond acceptors (Lipinski definition) is 2. The van der Waals surface area contributed by atoms with Crippen molar-refractivity contribution in [2.45, 2.75) is 39.7 Å². The lowest BCUT2D eigenvalue weighted by atomic mass is 10.0. The van der Waals surface area contributed by atoms with Crippen molar-refractivity contribution in [1.82, 2.24) is 5.32 Å². The Morgan fingerprint density at radius 1 is 0.885 bits per heavy atom. The number of carbonyl (C=O) groups is 2. The molecule has 0 aromatic heterocycles. The summed E-state index contributed by atoms with van der Waals surface area (Å²) >= 11 is 11.9. The zero-order valence-corrected chi connectivity index (χ0v) is 16.7. The van der Waals surface area contributed by atoms with Crippen LogP contribution in [0.3, 0.4) is 0 Å². The molecule has 2 rings (SSSR count). The van der Waals surface area contributed by atoms with Gasteiger partial charge in [-0.05, 0) is 48.2 Å². The average Bonchev–Trinajstić information content (AvgIpc) is 2.58. The van der Waals surface area contributed by atoms with Crippen molar-refractivity contribution in [2.24, 2.45) is 5.92 Å². The molecule has 1 atom stereocenters. The second kappa shape index (κ2) is 9.20. The van der Waals surface area contributed by atoms with E-state index in [4.69, 9.17) is 23.2 Å². The van der Waals surface area contributed by atoms with Gasteiger partial charge in [0.25, 0.3) is 5.91 Å². The number of halogens is 2. The monoisotopic (exact) mass is 391 g/mol. The van der Waals surface area contributed by atoms with Crippen LogP contribution in [0.4, 0.5) is 0 Å². The first-order valence-electron chi connectivity index (χ1n) is 8.61. The summed E-state index contributed by atoms with van der Waals surface area (Å²) in [5.41, 5.74) is 2.31. The van der Waals surface area contributed by atoms with Gasteiger partial charge in [0.15, 0.2) is 0 Å². The van der Waals surface area contributed by atoms with Crippen LogP contribution in [0.2, 0.25) is 10.0 Å². The van der Waals surface area contributed by atoms with E-state index in [9.17, 15) is 9.59 Å². The molecule has 3 nitrogen and oxygen atoms in total. The number of rotatable bonds is 7. The summed E-state index contributed by atoms with van der Waals surface area (Å²) in [4.78, 5) is 24.5. The van der Waals surface area contributed by atoms with Crippen LogP contribution >= 0.6 is 23.2 Å². The van der Waals surface area contributed by atoms with Gasteiger partial charge < -0.3 is 5.32 Å². The smallest absolute Gasteiger partial charge is 0.251 e. The predicted molar refractivity (Wildman–Crippen MR) is 107 cm³/mol. The van der Waals surface area contributed by atoms with E-state index < -0.39 is 0 Å². The highest BCUT2D eigenvalue weighted by atomic mass is 35.5. The first-order valence-corrected chi connectivity index (χ1v) is 9.37. The van der Waals surface area contributed by atoms with E-state index in [1.165, 1.54) is 0 Å². The second-order valence-electron chi connectivity index (χ2n) is 6.84. The molecule has 26 heavy (non-hydrogen) atoms. The lowest BCUT2D eigenvalue weighted by molar-refractivity contribution is -0.117. The molecule has 0 aliphatic rings. The summed E-state index contributed by atoms with van der Waals surface area (Å²) in [6, 6.07) is 12.5. The number of nitrogens with one attached hydrogen (secondary N) is 1. The second-order valence-corrected chi connectivity index (χ2v) is 7.66. The first kappa shape index (κ1) is 20.5. The van der Waals surface area contributed by atoms with E-state index in [1.807, 2.05) is 19.1 Å². The summed E-state index contributed by atoms with van der Waals surface area (Å²) in [6.45, 7) is 6.11. The normalized spacial score (nSPS) is 12.1.